The highest BCUT2D eigenvalue weighted by molar-refractivity contribution is 7.92. The number of benzene rings is 2. The minimum absolute atomic E-state index is 0.00519. The molecule has 6 rings (SSSR count). The highest BCUT2D eigenvalue weighted by Gasteiger charge is 2.24. The number of piperazine rings is 1. The molecule has 0 spiro atoms. The third kappa shape index (κ3) is 5.89. The van der Waals surface area contributed by atoms with Crippen molar-refractivity contribution in [1.29, 1.82) is 0 Å². The number of carbonyl (C=O) groups is 1. The number of esters is 1. The van der Waals surface area contributed by atoms with Crippen LogP contribution in [0.2, 0.25) is 0 Å². The fourth-order valence-corrected chi connectivity index (χ4v) is 6.18. The molecule has 0 unspecified atom stereocenters. The number of methoxy groups -OCH3 is 1. The second kappa shape index (κ2) is 11.9. The zero-order chi connectivity index (χ0) is 30.8. The average molecular weight is 634 g/mol. The first-order chi connectivity index (χ1) is 21.2. The van der Waals surface area contributed by atoms with E-state index in [0.717, 1.165) is 22.1 Å². The summed E-state index contributed by atoms with van der Waals surface area (Å²) in [5.74, 6) is 1.05. The van der Waals surface area contributed by atoms with Crippen molar-refractivity contribution in [3.63, 3.8) is 0 Å². The zero-order valence-electron chi connectivity index (χ0n) is 23.6. The molecule has 0 bridgehead atoms. The summed E-state index contributed by atoms with van der Waals surface area (Å²) in [5, 5.41) is 5.34. The van der Waals surface area contributed by atoms with Gasteiger partial charge in [0.1, 0.15) is 17.8 Å². The van der Waals surface area contributed by atoms with Crippen LogP contribution in [0.15, 0.2) is 66.1 Å². The molecule has 1 saturated heterocycles. The van der Waals surface area contributed by atoms with Gasteiger partial charge in [0.15, 0.2) is 16.6 Å². The number of H-pyrrole nitrogens is 1. The van der Waals surface area contributed by atoms with Crippen LogP contribution in [0.4, 0.5) is 17.5 Å². The predicted molar refractivity (Wildman–Crippen MR) is 169 cm³/mol. The highest BCUT2D eigenvalue weighted by atomic mass is 32.2. The number of nitrogens with zero attached hydrogens (tertiary/aromatic N) is 6. The molecule has 14 nitrogen and oxygen atoms in total. The van der Waals surface area contributed by atoms with Crippen LogP contribution in [0.1, 0.15) is 6.92 Å². The maximum atomic E-state index is 12.7. The van der Waals surface area contributed by atoms with Gasteiger partial charge < -0.3 is 29.6 Å². The molecular weight excluding hydrogens is 607 g/mol. The van der Waals surface area contributed by atoms with Gasteiger partial charge in [-0.1, -0.05) is 0 Å². The van der Waals surface area contributed by atoms with Gasteiger partial charge in [-0.2, -0.15) is 0 Å². The predicted octanol–water partition coefficient (Wildman–Crippen LogP) is 3.15. The van der Waals surface area contributed by atoms with E-state index >= 15 is 0 Å². The lowest BCUT2D eigenvalue weighted by atomic mass is 10.1. The SMILES string of the molecule is COc1cc2[nH]c3ncnc(N4CCN(C(=S)Nc5ccc(S(=O)(=O)Nc6ncccn6)cc5)CC4)c3c2cc1OC(C)=O. The Morgan fingerprint density at radius 1 is 1.00 bits per heavy atom. The van der Waals surface area contributed by atoms with Crippen molar-refractivity contribution >= 4 is 72.7 Å². The van der Waals surface area contributed by atoms with E-state index in [9.17, 15) is 13.2 Å². The van der Waals surface area contributed by atoms with Gasteiger partial charge in [-0.3, -0.25) is 4.79 Å². The van der Waals surface area contributed by atoms with Crippen molar-refractivity contribution in [2.75, 3.05) is 48.2 Å². The summed E-state index contributed by atoms with van der Waals surface area (Å²) < 4.78 is 38.5. The normalized spacial score (nSPS) is 13.6. The van der Waals surface area contributed by atoms with Crippen molar-refractivity contribution in [2.45, 2.75) is 11.8 Å². The van der Waals surface area contributed by atoms with E-state index in [4.69, 9.17) is 21.7 Å². The topological polar surface area (TPSA) is 168 Å². The number of thiocarbonyl (C=S) groups is 1. The monoisotopic (exact) mass is 633 g/mol. The molecule has 16 heteroatoms. The molecule has 3 aromatic heterocycles. The smallest absolute Gasteiger partial charge is 0.308 e. The Morgan fingerprint density at radius 3 is 2.41 bits per heavy atom. The number of rotatable bonds is 7. The molecule has 1 aliphatic heterocycles. The molecule has 226 valence electrons. The summed E-state index contributed by atoms with van der Waals surface area (Å²) in [6, 6.07) is 11.4. The van der Waals surface area contributed by atoms with Crippen LogP contribution in [0.25, 0.3) is 21.9 Å². The van der Waals surface area contributed by atoms with Gasteiger partial charge in [0.25, 0.3) is 10.0 Å². The van der Waals surface area contributed by atoms with Gasteiger partial charge in [0.2, 0.25) is 5.95 Å². The third-order valence-corrected chi connectivity index (χ3v) is 8.69. The lowest BCUT2D eigenvalue weighted by Crippen LogP contribution is -2.50. The van der Waals surface area contributed by atoms with E-state index in [1.54, 1.807) is 30.3 Å². The first-order valence-electron chi connectivity index (χ1n) is 13.5. The van der Waals surface area contributed by atoms with E-state index in [-0.39, 0.29) is 10.8 Å². The number of ether oxygens (including phenoxy) is 2. The van der Waals surface area contributed by atoms with E-state index in [0.29, 0.717) is 54.1 Å². The molecule has 1 aliphatic rings. The maximum Gasteiger partial charge on any atom is 0.308 e. The third-order valence-electron chi connectivity index (χ3n) is 6.98. The Morgan fingerprint density at radius 2 is 1.73 bits per heavy atom. The van der Waals surface area contributed by atoms with Crippen molar-refractivity contribution in [1.82, 2.24) is 29.8 Å². The van der Waals surface area contributed by atoms with E-state index < -0.39 is 16.0 Å². The van der Waals surface area contributed by atoms with E-state index in [1.807, 2.05) is 4.90 Å². The summed E-state index contributed by atoms with van der Waals surface area (Å²) in [6.45, 7) is 3.86. The van der Waals surface area contributed by atoms with Crippen molar-refractivity contribution in [3.05, 3.63) is 61.2 Å². The lowest BCUT2D eigenvalue weighted by Gasteiger charge is -2.37. The fourth-order valence-electron chi connectivity index (χ4n) is 4.92. The summed E-state index contributed by atoms with van der Waals surface area (Å²) in [4.78, 5) is 36.1. The number of carbonyl (C=O) groups excluding carboxylic acids is 1. The minimum atomic E-state index is -3.84. The van der Waals surface area contributed by atoms with Crippen LogP contribution in [0.3, 0.4) is 0 Å². The van der Waals surface area contributed by atoms with E-state index in [2.05, 4.69) is 39.9 Å². The van der Waals surface area contributed by atoms with Gasteiger partial charge in [-0.15, -0.1) is 0 Å². The molecule has 0 saturated carbocycles. The molecule has 0 aliphatic carbocycles. The van der Waals surface area contributed by atoms with Crippen LogP contribution >= 0.6 is 12.2 Å². The molecule has 2 aromatic carbocycles. The molecule has 0 amide bonds. The second-order valence-electron chi connectivity index (χ2n) is 9.79. The molecule has 0 atom stereocenters. The van der Waals surface area contributed by atoms with Crippen molar-refractivity contribution in [3.8, 4) is 11.5 Å². The number of fused-ring (bicyclic) bond motifs is 3. The number of nitrogens with one attached hydrogen (secondary N) is 3. The Hall–Kier alpha value is -5.09. The summed E-state index contributed by atoms with van der Waals surface area (Å²) in [5.41, 5.74) is 2.09. The summed E-state index contributed by atoms with van der Waals surface area (Å²) >= 11 is 5.67. The largest absolute Gasteiger partial charge is 0.493 e. The number of aromatic nitrogens is 5. The maximum absolute atomic E-state index is 12.7. The Labute approximate surface area is 257 Å². The first kappa shape index (κ1) is 29.0. The van der Waals surface area contributed by atoms with Gasteiger partial charge in [-0.05, 0) is 48.6 Å². The Bertz CT molecular complexity index is 1960. The standard InChI is InChI=1S/C28H27N9O5S2/c1-17(38)42-23-14-20-21(15-22(23)41-2)34-25-24(20)26(32-16-31-25)36-10-12-37(13-11-36)28(43)33-18-4-6-19(7-5-18)44(39,40)35-27-29-8-3-9-30-27/h3-9,14-16H,10-13H2,1-2H3,(H,33,43)(H,29,30,35)(H,31,32,34). The molecule has 5 aromatic rings. The number of sulfonamides is 1. The number of hydrogen-bond acceptors (Lipinski definition) is 11. The summed E-state index contributed by atoms with van der Waals surface area (Å²) in [7, 11) is -2.33. The highest BCUT2D eigenvalue weighted by Crippen LogP contribution is 2.38. The molecular formula is C28H27N9O5S2. The van der Waals surface area contributed by atoms with Gasteiger partial charge >= 0.3 is 5.97 Å². The Kier molecular flexibility index (Phi) is 7.84. The zero-order valence-corrected chi connectivity index (χ0v) is 25.3. The number of anilines is 3. The molecule has 44 heavy (non-hydrogen) atoms. The molecule has 3 N–H and O–H groups in total. The number of hydrogen-bond donors (Lipinski definition) is 3. The van der Waals surface area contributed by atoms with Gasteiger partial charge in [0.05, 0.1) is 22.9 Å². The van der Waals surface area contributed by atoms with Crippen molar-refractivity contribution in [2.24, 2.45) is 0 Å². The van der Waals surface area contributed by atoms with E-state index in [1.165, 1.54) is 44.9 Å². The number of aromatic amines is 1. The van der Waals surface area contributed by atoms with Crippen LogP contribution in [-0.4, -0.2) is 82.6 Å². The quantitative estimate of drug-likeness (QED) is 0.136. The van der Waals surface area contributed by atoms with Crippen molar-refractivity contribution < 1.29 is 22.7 Å². The fraction of sp³-hybridized carbons (Fsp3) is 0.214. The lowest BCUT2D eigenvalue weighted by molar-refractivity contribution is -0.132. The van der Waals surface area contributed by atoms with Gasteiger partial charge in [-0.25, -0.2) is 33.1 Å². The second-order valence-corrected chi connectivity index (χ2v) is 11.9. The van der Waals surface area contributed by atoms with Gasteiger partial charge in [0, 0.05) is 62.6 Å². The van der Waals surface area contributed by atoms with Crippen LogP contribution in [-0.2, 0) is 14.8 Å². The Balaban J connectivity index is 1.14. The van der Waals surface area contributed by atoms with Crippen LogP contribution < -0.4 is 24.4 Å². The summed E-state index contributed by atoms with van der Waals surface area (Å²) in [6.07, 6.45) is 4.42. The molecule has 4 heterocycles. The first-order valence-corrected chi connectivity index (χ1v) is 15.3. The molecule has 1 fully saturated rings. The molecule has 0 radical (unpaired) electrons. The van der Waals surface area contributed by atoms with Crippen LogP contribution in [0, 0.1) is 0 Å². The van der Waals surface area contributed by atoms with Crippen LogP contribution in [0.5, 0.6) is 11.5 Å². The minimum Gasteiger partial charge on any atom is -0.493 e. The average Bonchev–Trinajstić information content (AvgIpc) is 3.38.